The first-order valence-corrected chi connectivity index (χ1v) is 7.13. The molecule has 0 bridgehead atoms. The average molecular weight is 270 g/mol. The van der Waals surface area contributed by atoms with E-state index < -0.39 is 0 Å². The van der Waals surface area contributed by atoms with Crippen molar-refractivity contribution in [3.05, 3.63) is 59.4 Å². The van der Waals surface area contributed by atoms with Crippen LogP contribution in [0.5, 0.6) is 0 Å². The second kappa shape index (κ2) is 5.63. The monoisotopic (exact) mass is 270 g/mol. The van der Waals surface area contributed by atoms with Gasteiger partial charge in [0.2, 0.25) is 0 Å². The van der Waals surface area contributed by atoms with Gasteiger partial charge in [0.15, 0.2) is 0 Å². The Morgan fingerprint density at radius 2 is 2.05 bits per heavy atom. The van der Waals surface area contributed by atoms with Crippen molar-refractivity contribution in [2.75, 3.05) is 18.0 Å². The molecule has 0 radical (unpaired) electrons. The summed E-state index contributed by atoms with van der Waals surface area (Å²) in [6.45, 7) is 4.56. The lowest BCUT2D eigenvalue weighted by Gasteiger charge is -2.20. The number of hydrogen-bond acceptors (Lipinski definition) is 2. The summed E-state index contributed by atoms with van der Waals surface area (Å²) in [5, 5.41) is 3.24. The number of fused-ring (bicyclic) bond motifs is 1. The molecular weight excluding hydrogens is 251 g/mol. The Balaban J connectivity index is 1.93. The molecule has 104 valence electrons. The van der Waals surface area contributed by atoms with Crippen LogP contribution in [0.3, 0.4) is 0 Å². The van der Waals surface area contributed by atoms with Crippen LogP contribution in [0.2, 0.25) is 0 Å². The predicted octanol–water partition coefficient (Wildman–Crippen LogP) is 3.63. The van der Waals surface area contributed by atoms with Gasteiger partial charge in [-0.3, -0.25) is 0 Å². The summed E-state index contributed by atoms with van der Waals surface area (Å²) in [4.78, 5) is 2.20. The first-order chi connectivity index (χ1) is 9.78. The molecule has 0 fully saturated rings. The van der Waals surface area contributed by atoms with E-state index in [1.165, 1.54) is 11.3 Å². The van der Waals surface area contributed by atoms with Crippen LogP contribution in [0.1, 0.15) is 18.1 Å². The number of para-hydroxylation sites is 1. The van der Waals surface area contributed by atoms with Crippen LogP contribution in [0.15, 0.2) is 42.5 Å². The molecule has 20 heavy (non-hydrogen) atoms. The van der Waals surface area contributed by atoms with E-state index in [1.807, 2.05) is 6.07 Å². The Labute approximate surface area is 119 Å². The molecule has 0 unspecified atom stereocenters. The number of nitrogens with one attached hydrogen (secondary N) is 1. The normalized spacial score (nSPS) is 13.6. The van der Waals surface area contributed by atoms with Crippen LogP contribution in [0, 0.1) is 5.82 Å². The van der Waals surface area contributed by atoms with Crippen molar-refractivity contribution in [3.63, 3.8) is 0 Å². The molecule has 1 aliphatic rings. The topological polar surface area (TPSA) is 15.3 Å². The maximum absolute atomic E-state index is 13.8. The fourth-order valence-corrected chi connectivity index (χ4v) is 2.77. The largest absolute Gasteiger partial charge is 0.341 e. The van der Waals surface area contributed by atoms with Crippen molar-refractivity contribution in [3.8, 4) is 0 Å². The number of benzene rings is 2. The zero-order valence-corrected chi connectivity index (χ0v) is 11.7. The molecule has 0 amide bonds. The number of hydrogen-bond donors (Lipinski definition) is 1. The van der Waals surface area contributed by atoms with Gasteiger partial charge >= 0.3 is 0 Å². The Morgan fingerprint density at radius 1 is 1.20 bits per heavy atom. The lowest BCUT2D eigenvalue weighted by atomic mass is 10.1. The minimum Gasteiger partial charge on any atom is -0.341 e. The summed E-state index contributed by atoms with van der Waals surface area (Å²) in [6.07, 6.45) is 1.02. The zero-order valence-electron chi connectivity index (χ0n) is 11.7. The van der Waals surface area contributed by atoms with Crippen molar-refractivity contribution in [2.45, 2.75) is 19.9 Å². The van der Waals surface area contributed by atoms with Gasteiger partial charge in [-0.2, -0.15) is 0 Å². The van der Waals surface area contributed by atoms with E-state index in [0.29, 0.717) is 6.54 Å². The van der Waals surface area contributed by atoms with Gasteiger partial charge in [0, 0.05) is 24.5 Å². The molecule has 0 saturated heterocycles. The number of nitrogens with zero attached hydrogens (tertiary/aromatic N) is 1. The van der Waals surface area contributed by atoms with Gasteiger partial charge < -0.3 is 10.2 Å². The third-order valence-electron chi connectivity index (χ3n) is 3.72. The van der Waals surface area contributed by atoms with Crippen molar-refractivity contribution >= 4 is 11.4 Å². The summed E-state index contributed by atoms with van der Waals surface area (Å²) in [5.74, 6) is -0.167. The van der Waals surface area contributed by atoms with E-state index in [0.717, 1.165) is 30.8 Å². The molecular formula is C17H19FN2. The number of halogens is 1. The lowest BCUT2D eigenvalue weighted by molar-refractivity contribution is 0.621. The van der Waals surface area contributed by atoms with E-state index >= 15 is 0 Å². The molecule has 0 aliphatic carbocycles. The SMILES string of the molecule is CCNCc1cc(F)cc(N2CCc3ccccc32)c1. The molecule has 1 aliphatic heterocycles. The van der Waals surface area contributed by atoms with Crippen molar-refractivity contribution in [1.29, 1.82) is 0 Å². The smallest absolute Gasteiger partial charge is 0.125 e. The van der Waals surface area contributed by atoms with Gasteiger partial charge in [-0.1, -0.05) is 25.1 Å². The Hall–Kier alpha value is -1.87. The first-order valence-electron chi connectivity index (χ1n) is 7.13. The predicted molar refractivity (Wildman–Crippen MR) is 80.9 cm³/mol. The van der Waals surface area contributed by atoms with Gasteiger partial charge in [-0.15, -0.1) is 0 Å². The molecule has 2 nitrogen and oxygen atoms in total. The van der Waals surface area contributed by atoms with Crippen LogP contribution in [0.25, 0.3) is 0 Å². The van der Waals surface area contributed by atoms with Gasteiger partial charge in [0.05, 0.1) is 0 Å². The number of anilines is 2. The van der Waals surface area contributed by atoms with Crippen LogP contribution < -0.4 is 10.2 Å². The minimum absolute atomic E-state index is 0.167. The minimum atomic E-state index is -0.167. The summed E-state index contributed by atoms with van der Waals surface area (Å²) in [7, 11) is 0. The fraction of sp³-hybridized carbons (Fsp3) is 0.294. The molecule has 1 N–H and O–H groups in total. The molecule has 2 aromatic carbocycles. The third kappa shape index (κ3) is 2.54. The van der Waals surface area contributed by atoms with Gasteiger partial charge in [-0.05, 0) is 48.4 Å². The maximum Gasteiger partial charge on any atom is 0.125 e. The van der Waals surface area contributed by atoms with E-state index in [4.69, 9.17) is 0 Å². The van der Waals surface area contributed by atoms with Crippen molar-refractivity contribution in [1.82, 2.24) is 5.32 Å². The highest BCUT2D eigenvalue weighted by atomic mass is 19.1. The molecule has 2 aromatic rings. The molecule has 0 spiro atoms. The summed E-state index contributed by atoms with van der Waals surface area (Å²) < 4.78 is 13.8. The fourth-order valence-electron chi connectivity index (χ4n) is 2.77. The van der Waals surface area contributed by atoms with Gasteiger partial charge in [-0.25, -0.2) is 4.39 Å². The van der Waals surface area contributed by atoms with Crippen molar-refractivity contribution in [2.24, 2.45) is 0 Å². The van der Waals surface area contributed by atoms with Crippen LogP contribution in [-0.4, -0.2) is 13.1 Å². The molecule has 0 saturated carbocycles. The summed E-state index contributed by atoms with van der Waals surface area (Å²) in [6, 6.07) is 13.7. The highest BCUT2D eigenvalue weighted by Crippen LogP contribution is 2.34. The highest BCUT2D eigenvalue weighted by molar-refractivity contribution is 5.70. The quantitative estimate of drug-likeness (QED) is 0.912. The van der Waals surface area contributed by atoms with Gasteiger partial charge in [0.1, 0.15) is 5.82 Å². The molecule has 3 rings (SSSR count). The van der Waals surface area contributed by atoms with E-state index in [2.05, 4.69) is 41.4 Å². The zero-order chi connectivity index (χ0) is 13.9. The summed E-state index contributed by atoms with van der Waals surface area (Å²) in [5.41, 5.74) is 4.48. The van der Waals surface area contributed by atoms with Crippen LogP contribution >= 0.6 is 0 Å². The Kier molecular flexibility index (Phi) is 3.70. The lowest BCUT2D eigenvalue weighted by Crippen LogP contribution is -2.15. The van der Waals surface area contributed by atoms with E-state index in [9.17, 15) is 4.39 Å². The molecule has 1 heterocycles. The maximum atomic E-state index is 13.8. The van der Waals surface area contributed by atoms with E-state index in [-0.39, 0.29) is 5.82 Å². The second-order valence-corrected chi connectivity index (χ2v) is 5.13. The average Bonchev–Trinajstić information content (AvgIpc) is 2.88. The van der Waals surface area contributed by atoms with Crippen LogP contribution in [0.4, 0.5) is 15.8 Å². The second-order valence-electron chi connectivity index (χ2n) is 5.13. The standard InChI is InChI=1S/C17H19FN2/c1-2-19-12-13-9-15(18)11-16(10-13)20-8-7-14-5-3-4-6-17(14)20/h3-6,9-11,19H,2,7-8,12H2,1H3. The van der Waals surface area contributed by atoms with Gasteiger partial charge in [0.25, 0.3) is 0 Å². The highest BCUT2D eigenvalue weighted by Gasteiger charge is 2.20. The number of rotatable bonds is 4. The van der Waals surface area contributed by atoms with Crippen molar-refractivity contribution < 1.29 is 4.39 Å². The van der Waals surface area contributed by atoms with E-state index in [1.54, 1.807) is 12.1 Å². The Bertz CT molecular complexity index is 610. The Morgan fingerprint density at radius 3 is 2.90 bits per heavy atom. The third-order valence-corrected chi connectivity index (χ3v) is 3.72. The summed E-state index contributed by atoms with van der Waals surface area (Å²) >= 11 is 0. The first kappa shape index (κ1) is 13.1. The molecule has 3 heteroatoms. The molecule has 0 atom stereocenters. The van der Waals surface area contributed by atoms with Crippen LogP contribution in [-0.2, 0) is 13.0 Å². The molecule has 0 aromatic heterocycles.